The first-order valence-corrected chi connectivity index (χ1v) is 7.49. The minimum Gasteiger partial charge on any atom is -0.375 e. The summed E-state index contributed by atoms with van der Waals surface area (Å²) in [6.07, 6.45) is 1.53. The van der Waals surface area contributed by atoms with Crippen molar-refractivity contribution in [3.05, 3.63) is 45.9 Å². The lowest BCUT2D eigenvalue weighted by Crippen LogP contribution is -2.19. The predicted octanol–water partition coefficient (Wildman–Crippen LogP) is 3.05. The van der Waals surface area contributed by atoms with Gasteiger partial charge < -0.3 is 15.4 Å². The number of halogens is 1. The largest absolute Gasteiger partial charge is 0.375 e. The second-order valence-corrected chi connectivity index (χ2v) is 6.18. The Balaban J connectivity index is 2.22. The molecule has 1 aromatic carbocycles. The second kappa shape index (κ2) is 7.04. The zero-order valence-corrected chi connectivity index (χ0v) is 13.1. The van der Waals surface area contributed by atoms with E-state index in [1.165, 1.54) is 11.3 Å². The summed E-state index contributed by atoms with van der Waals surface area (Å²) in [5.41, 5.74) is 6.66. The van der Waals surface area contributed by atoms with Gasteiger partial charge in [0.15, 0.2) is 5.13 Å². The molecular weight excluding hydrogens is 294 g/mol. The SMILES string of the molecule is CN(C)CCOC(c1cnc(N)s1)c1ccccc1Cl. The summed E-state index contributed by atoms with van der Waals surface area (Å²) in [7, 11) is 4.02. The Morgan fingerprint density at radius 1 is 1.40 bits per heavy atom. The van der Waals surface area contributed by atoms with Crippen molar-refractivity contribution in [1.82, 2.24) is 9.88 Å². The molecule has 0 radical (unpaired) electrons. The molecule has 108 valence electrons. The minimum absolute atomic E-state index is 0.224. The molecule has 1 aromatic heterocycles. The number of nitrogens with zero attached hydrogens (tertiary/aromatic N) is 2. The van der Waals surface area contributed by atoms with Crippen LogP contribution in [0.1, 0.15) is 16.5 Å². The van der Waals surface area contributed by atoms with Crippen molar-refractivity contribution < 1.29 is 4.74 Å². The summed E-state index contributed by atoms with van der Waals surface area (Å²) < 4.78 is 6.01. The highest BCUT2D eigenvalue weighted by Gasteiger charge is 2.20. The van der Waals surface area contributed by atoms with E-state index in [4.69, 9.17) is 22.1 Å². The summed E-state index contributed by atoms with van der Waals surface area (Å²) >= 11 is 7.71. The average molecular weight is 312 g/mol. The number of hydrogen-bond acceptors (Lipinski definition) is 5. The number of thiazole rings is 1. The van der Waals surface area contributed by atoms with Gasteiger partial charge in [0.25, 0.3) is 0 Å². The van der Waals surface area contributed by atoms with E-state index >= 15 is 0 Å². The van der Waals surface area contributed by atoms with Crippen molar-refractivity contribution in [2.45, 2.75) is 6.10 Å². The highest BCUT2D eigenvalue weighted by atomic mass is 35.5. The average Bonchev–Trinajstić information content (AvgIpc) is 2.82. The number of hydrogen-bond donors (Lipinski definition) is 1. The molecule has 0 amide bonds. The molecular formula is C14H18ClN3OS. The van der Waals surface area contributed by atoms with E-state index in [0.717, 1.165) is 17.0 Å². The van der Waals surface area contributed by atoms with Crippen molar-refractivity contribution >= 4 is 28.1 Å². The number of anilines is 1. The summed E-state index contributed by atoms with van der Waals surface area (Å²) in [5, 5.41) is 1.22. The summed E-state index contributed by atoms with van der Waals surface area (Å²) in [5.74, 6) is 0. The van der Waals surface area contributed by atoms with Crippen LogP contribution in [-0.2, 0) is 4.74 Å². The van der Waals surface area contributed by atoms with Crippen LogP contribution in [0.3, 0.4) is 0 Å². The molecule has 0 spiro atoms. The first-order valence-electron chi connectivity index (χ1n) is 6.30. The van der Waals surface area contributed by atoms with Crippen LogP contribution in [0.15, 0.2) is 30.5 Å². The predicted molar refractivity (Wildman–Crippen MR) is 84.3 cm³/mol. The van der Waals surface area contributed by atoms with E-state index in [9.17, 15) is 0 Å². The van der Waals surface area contributed by atoms with Crippen molar-refractivity contribution in [2.75, 3.05) is 33.0 Å². The fraction of sp³-hybridized carbons (Fsp3) is 0.357. The molecule has 1 unspecified atom stereocenters. The van der Waals surface area contributed by atoms with E-state index < -0.39 is 0 Å². The van der Waals surface area contributed by atoms with Crippen LogP contribution in [0.4, 0.5) is 5.13 Å². The highest BCUT2D eigenvalue weighted by Crippen LogP contribution is 2.34. The number of aromatic nitrogens is 1. The van der Waals surface area contributed by atoms with Gasteiger partial charge in [-0.1, -0.05) is 41.1 Å². The molecule has 20 heavy (non-hydrogen) atoms. The molecule has 2 aromatic rings. The quantitative estimate of drug-likeness (QED) is 0.891. The standard InChI is InChI=1S/C14H18ClN3OS/c1-18(2)7-8-19-13(12-9-17-14(16)20-12)10-5-3-4-6-11(10)15/h3-6,9,13H,7-8H2,1-2H3,(H2,16,17). The topological polar surface area (TPSA) is 51.4 Å². The Hall–Kier alpha value is -1.14. The van der Waals surface area contributed by atoms with Crippen molar-refractivity contribution in [3.8, 4) is 0 Å². The molecule has 2 N–H and O–H groups in total. The number of nitrogen functional groups attached to an aromatic ring is 1. The highest BCUT2D eigenvalue weighted by molar-refractivity contribution is 7.15. The maximum atomic E-state index is 6.28. The van der Waals surface area contributed by atoms with Gasteiger partial charge in [0, 0.05) is 23.3 Å². The molecule has 0 saturated carbocycles. The third-order valence-corrected chi connectivity index (χ3v) is 4.02. The van der Waals surface area contributed by atoms with Crippen LogP contribution in [-0.4, -0.2) is 37.1 Å². The van der Waals surface area contributed by atoms with Crippen LogP contribution >= 0.6 is 22.9 Å². The third-order valence-electron chi connectivity index (χ3n) is 2.81. The van der Waals surface area contributed by atoms with Gasteiger partial charge in [0.1, 0.15) is 6.10 Å². The van der Waals surface area contributed by atoms with Crippen LogP contribution in [0.2, 0.25) is 5.02 Å². The number of likely N-dealkylation sites (N-methyl/N-ethyl adjacent to an activating group) is 1. The smallest absolute Gasteiger partial charge is 0.180 e. The summed E-state index contributed by atoms with van der Waals surface area (Å²) in [6, 6.07) is 7.69. The fourth-order valence-corrected chi connectivity index (χ4v) is 2.78. The molecule has 6 heteroatoms. The Labute approximate surface area is 128 Å². The molecule has 4 nitrogen and oxygen atoms in total. The zero-order valence-electron chi connectivity index (χ0n) is 11.5. The minimum atomic E-state index is -0.224. The molecule has 0 fully saturated rings. The molecule has 0 aliphatic carbocycles. The van der Waals surface area contributed by atoms with Crippen LogP contribution < -0.4 is 5.73 Å². The van der Waals surface area contributed by atoms with E-state index in [1.54, 1.807) is 6.20 Å². The Kier molecular flexibility index (Phi) is 5.37. The van der Waals surface area contributed by atoms with E-state index in [2.05, 4.69) is 9.88 Å². The maximum Gasteiger partial charge on any atom is 0.180 e. The van der Waals surface area contributed by atoms with E-state index in [0.29, 0.717) is 16.8 Å². The van der Waals surface area contributed by atoms with Gasteiger partial charge in [-0.15, -0.1) is 0 Å². The van der Waals surface area contributed by atoms with Gasteiger partial charge in [-0.3, -0.25) is 0 Å². The van der Waals surface area contributed by atoms with Crippen molar-refractivity contribution in [1.29, 1.82) is 0 Å². The maximum absolute atomic E-state index is 6.28. The lowest BCUT2D eigenvalue weighted by molar-refractivity contribution is 0.0707. The van der Waals surface area contributed by atoms with Gasteiger partial charge >= 0.3 is 0 Å². The number of rotatable bonds is 6. The number of ether oxygens (including phenoxy) is 1. The van der Waals surface area contributed by atoms with Gasteiger partial charge in [0.05, 0.1) is 11.5 Å². The fourth-order valence-electron chi connectivity index (χ4n) is 1.79. The number of nitrogens with two attached hydrogens (primary N) is 1. The van der Waals surface area contributed by atoms with Gasteiger partial charge in [-0.2, -0.15) is 0 Å². The van der Waals surface area contributed by atoms with E-state index in [1.807, 2.05) is 38.4 Å². The zero-order chi connectivity index (χ0) is 14.5. The molecule has 0 aliphatic heterocycles. The monoisotopic (exact) mass is 311 g/mol. The Morgan fingerprint density at radius 3 is 2.75 bits per heavy atom. The Morgan fingerprint density at radius 2 is 2.15 bits per heavy atom. The number of benzene rings is 1. The molecule has 0 saturated heterocycles. The molecule has 0 aliphatic rings. The summed E-state index contributed by atoms with van der Waals surface area (Å²) in [6.45, 7) is 1.45. The van der Waals surface area contributed by atoms with Crippen LogP contribution in [0.5, 0.6) is 0 Å². The van der Waals surface area contributed by atoms with Crippen LogP contribution in [0.25, 0.3) is 0 Å². The van der Waals surface area contributed by atoms with Gasteiger partial charge in [-0.25, -0.2) is 4.98 Å². The molecule has 2 rings (SSSR count). The summed E-state index contributed by atoms with van der Waals surface area (Å²) in [4.78, 5) is 7.14. The lowest BCUT2D eigenvalue weighted by atomic mass is 10.1. The molecule has 0 bridgehead atoms. The van der Waals surface area contributed by atoms with Gasteiger partial charge in [-0.05, 0) is 20.2 Å². The first kappa shape index (κ1) is 15.3. The van der Waals surface area contributed by atoms with E-state index in [-0.39, 0.29) is 6.10 Å². The Bertz CT molecular complexity index is 559. The van der Waals surface area contributed by atoms with Crippen molar-refractivity contribution in [2.24, 2.45) is 0 Å². The molecule has 1 atom stereocenters. The first-order chi connectivity index (χ1) is 9.58. The van der Waals surface area contributed by atoms with Crippen LogP contribution in [0, 0.1) is 0 Å². The lowest BCUT2D eigenvalue weighted by Gasteiger charge is -2.19. The normalized spacial score (nSPS) is 12.8. The second-order valence-electron chi connectivity index (χ2n) is 4.68. The van der Waals surface area contributed by atoms with Crippen molar-refractivity contribution in [3.63, 3.8) is 0 Å². The molecule has 1 heterocycles. The van der Waals surface area contributed by atoms with Gasteiger partial charge in [0.2, 0.25) is 0 Å². The third kappa shape index (κ3) is 3.93.